The lowest BCUT2D eigenvalue weighted by molar-refractivity contribution is -0.361. The molecule has 0 saturated carbocycles. The molecule has 1 heterocycles. The Morgan fingerprint density at radius 2 is 2.40 bits per heavy atom. The first-order valence-corrected chi connectivity index (χ1v) is 3.25. The van der Waals surface area contributed by atoms with Gasteiger partial charge >= 0.3 is 0 Å². The number of aromatic nitrogens is 1. The highest BCUT2D eigenvalue weighted by atomic mass is 16.3. The second kappa shape index (κ2) is 3.85. The first-order chi connectivity index (χ1) is 4.93. The first-order valence-electron chi connectivity index (χ1n) is 3.25. The molecule has 0 bridgehead atoms. The normalized spacial score (nSPS) is 9.30. The maximum atomic E-state index is 8.45. The standard InChI is InChI=1S/C7H10N2O/c10-6-5-9-7-3-1-2-4-8-7/h1-4,10H,5-6H2,(H,8,9)/p+1. The summed E-state index contributed by atoms with van der Waals surface area (Å²) >= 11 is 0. The van der Waals surface area contributed by atoms with Crippen molar-refractivity contribution in [2.24, 2.45) is 0 Å². The summed E-state index contributed by atoms with van der Waals surface area (Å²) in [5, 5.41) is 11.4. The molecule has 0 unspecified atom stereocenters. The van der Waals surface area contributed by atoms with Gasteiger partial charge in [-0.1, -0.05) is 6.07 Å². The lowest BCUT2D eigenvalue weighted by Gasteiger charge is -1.92. The number of nitrogens with one attached hydrogen (secondary N) is 2. The number of aliphatic hydroxyl groups is 1. The van der Waals surface area contributed by atoms with Gasteiger partial charge in [-0.25, -0.2) is 4.98 Å². The summed E-state index contributed by atoms with van der Waals surface area (Å²) in [6, 6.07) is 5.75. The van der Waals surface area contributed by atoms with Crippen molar-refractivity contribution in [3.8, 4) is 0 Å². The molecule has 0 amide bonds. The van der Waals surface area contributed by atoms with Crippen molar-refractivity contribution < 1.29 is 10.1 Å². The van der Waals surface area contributed by atoms with Crippen LogP contribution < -0.4 is 10.3 Å². The van der Waals surface area contributed by atoms with Crippen LogP contribution in [0.2, 0.25) is 0 Å². The SMILES string of the molecule is OCCNc1cccc[nH+]1. The predicted octanol–water partition coefficient (Wildman–Crippen LogP) is -0.0951. The lowest BCUT2D eigenvalue weighted by Crippen LogP contribution is -2.14. The van der Waals surface area contributed by atoms with E-state index in [1.165, 1.54) is 0 Å². The van der Waals surface area contributed by atoms with Crippen molar-refractivity contribution in [2.75, 3.05) is 18.5 Å². The molecule has 0 aliphatic carbocycles. The van der Waals surface area contributed by atoms with Gasteiger partial charge in [-0.15, -0.1) is 0 Å². The largest absolute Gasteiger partial charge is 0.392 e. The fourth-order valence-corrected chi connectivity index (χ4v) is 0.694. The highest BCUT2D eigenvalue weighted by molar-refractivity contribution is 5.26. The van der Waals surface area contributed by atoms with Gasteiger partial charge < -0.3 is 5.11 Å². The highest BCUT2D eigenvalue weighted by Gasteiger charge is 1.94. The quantitative estimate of drug-likeness (QED) is 0.614. The number of hydrogen-bond donors (Lipinski definition) is 2. The number of anilines is 1. The number of aliphatic hydroxyl groups excluding tert-OH is 1. The minimum atomic E-state index is 0.155. The highest BCUT2D eigenvalue weighted by Crippen LogP contribution is 1.91. The molecule has 3 heteroatoms. The molecule has 3 nitrogen and oxygen atoms in total. The molecule has 1 aromatic heterocycles. The van der Waals surface area contributed by atoms with Crippen LogP contribution in [0.1, 0.15) is 0 Å². The molecule has 1 rings (SSSR count). The minimum Gasteiger partial charge on any atom is -0.392 e. The Balaban J connectivity index is 2.43. The minimum absolute atomic E-state index is 0.155. The van der Waals surface area contributed by atoms with Gasteiger partial charge in [0.1, 0.15) is 6.54 Å². The summed E-state index contributed by atoms with van der Waals surface area (Å²) in [7, 11) is 0. The summed E-state index contributed by atoms with van der Waals surface area (Å²) < 4.78 is 0. The van der Waals surface area contributed by atoms with Gasteiger partial charge in [0.2, 0.25) is 0 Å². The zero-order valence-electron chi connectivity index (χ0n) is 5.67. The molecule has 0 atom stereocenters. The Labute approximate surface area is 59.7 Å². The van der Waals surface area contributed by atoms with Crippen molar-refractivity contribution in [3.63, 3.8) is 0 Å². The third-order valence-electron chi connectivity index (χ3n) is 1.14. The van der Waals surface area contributed by atoms with Crippen molar-refractivity contribution >= 4 is 5.82 Å². The summed E-state index contributed by atoms with van der Waals surface area (Å²) in [4.78, 5) is 2.98. The smallest absolute Gasteiger partial charge is 0.272 e. The average molecular weight is 139 g/mol. The van der Waals surface area contributed by atoms with E-state index in [4.69, 9.17) is 5.11 Å². The van der Waals surface area contributed by atoms with Crippen LogP contribution in [-0.4, -0.2) is 18.3 Å². The lowest BCUT2D eigenvalue weighted by atomic mass is 10.4. The van der Waals surface area contributed by atoms with E-state index in [1.54, 1.807) is 0 Å². The topological polar surface area (TPSA) is 46.4 Å². The van der Waals surface area contributed by atoms with E-state index in [-0.39, 0.29) is 6.61 Å². The zero-order valence-corrected chi connectivity index (χ0v) is 5.67. The predicted molar refractivity (Wildman–Crippen MR) is 38.6 cm³/mol. The monoisotopic (exact) mass is 139 g/mol. The van der Waals surface area contributed by atoms with Gasteiger partial charge in [0.05, 0.1) is 12.8 Å². The second-order valence-corrected chi connectivity index (χ2v) is 1.93. The summed E-state index contributed by atoms with van der Waals surface area (Å²) in [5.74, 6) is 0.927. The molecule has 0 spiro atoms. The number of hydrogen-bond acceptors (Lipinski definition) is 2. The molecule has 3 N–H and O–H groups in total. The molecule has 0 aromatic carbocycles. The number of H-pyrrole nitrogens is 1. The van der Waals surface area contributed by atoms with Crippen molar-refractivity contribution in [1.82, 2.24) is 0 Å². The van der Waals surface area contributed by atoms with E-state index in [0.29, 0.717) is 6.54 Å². The molecule has 0 saturated heterocycles. The van der Waals surface area contributed by atoms with Crippen LogP contribution in [0.5, 0.6) is 0 Å². The molecular weight excluding hydrogens is 128 g/mol. The van der Waals surface area contributed by atoms with Crippen LogP contribution in [0.4, 0.5) is 5.82 Å². The molecule has 10 heavy (non-hydrogen) atoms. The number of aromatic amines is 1. The van der Waals surface area contributed by atoms with E-state index < -0.39 is 0 Å². The van der Waals surface area contributed by atoms with Crippen LogP contribution in [-0.2, 0) is 0 Å². The maximum Gasteiger partial charge on any atom is 0.272 e. The number of rotatable bonds is 3. The van der Waals surface area contributed by atoms with Crippen LogP contribution in [0.15, 0.2) is 24.4 Å². The maximum absolute atomic E-state index is 8.45. The zero-order chi connectivity index (χ0) is 7.23. The van der Waals surface area contributed by atoms with E-state index in [2.05, 4.69) is 10.3 Å². The fraction of sp³-hybridized carbons (Fsp3) is 0.286. The van der Waals surface area contributed by atoms with Crippen LogP contribution >= 0.6 is 0 Å². The van der Waals surface area contributed by atoms with E-state index >= 15 is 0 Å². The van der Waals surface area contributed by atoms with E-state index in [0.717, 1.165) is 5.82 Å². The first kappa shape index (κ1) is 7.02. The molecule has 0 fully saturated rings. The average Bonchev–Trinajstić information content (AvgIpc) is 2.03. The molecule has 0 radical (unpaired) electrons. The molecule has 1 aromatic rings. The van der Waals surface area contributed by atoms with Gasteiger partial charge in [-0.2, -0.15) is 0 Å². The summed E-state index contributed by atoms with van der Waals surface area (Å²) in [6.45, 7) is 0.739. The van der Waals surface area contributed by atoms with Gasteiger partial charge in [-0.3, -0.25) is 5.32 Å². The third kappa shape index (κ3) is 2.03. The van der Waals surface area contributed by atoms with E-state index in [9.17, 15) is 0 Å². The van der Waals surface area contributed by atoms with Crippen LogP contribution in [0.25, 0.3) is 0 Å². The van der Waals surface area contributed by atoms with Gasteiger partial charge in [-0.05, 0) is 6.07 Å². The second-order valence-electron chi connectivity index (χ2n) is 1.93. The molecular formula is C7H11N2O+. The number of pyridine rings is 1. The Morgan fingerprint density at radius 3 is 3.00 bits per heavy atom. The summed E-state index contributed by atoms with van der Waals surface area (Å²) in [5.41, 5.74) is 0. The summed E-state index contributed by atoms with van der Waals surface area (Å²) in [6.07, 6.45) is 1.83. The van der Waals surface area contributed by atoms with Crippen LogP contribution in [0, 0.1) is 0 Å². The molecule has 0 aliphatic heterocycles. The van der Waals surface area contributed by atoms with Gasteiger partial charge in [0.15, 0.2) is 0 Å². The van der Waals surface area contributed by atoms with Crippen molar-refractivity contribution in [1.29, 1.82) is 0 Å². The van der Waals surface area contributed by atoms with Gasteiger partial charge in [0.25, 0.3) is 5.82 Å². The fourth-order valence-electron chi connectivity index (χ4n) is 0.694. The molecule has 54 valence electrons. The van der Waals surface area contributed by atoms with E-state index in [1.807, 2.05) is 24.4 Å². The molecule has 0 aliphatic rings. The Hall–Kier alpha value is -1.09. The Bertz CT molecular complexity index is 176. The Kier molecular flexibility index (Phi) is 2.70. The Morgan fingerprint density at radius 1 is 1.50 bits per heavy atom. The third-order valence-corrected chi connectivity index (χ3v) is 1.14. The van der Waals surface area contributed by atoms with Gasteiger partial charge in [0, 0.05) is 6.07 Å². The van der Waals surface area contributed by atoms with Crippen molar-refractivity contribution in [2.45, 2.75) is 0 Å². The van der Waals surface area contributed by atoms with Crippen molar-refractivity contribution in [3.05, 3.63) is 24.4 Å². The van der Waals surface area contributed by atoms with Crippen LogP contribution in [0.3, 0.4) is 0 Å².